The van der Waals surface area contributed by atoms with Gasteiger partial charge in [-0.3, -0.25) is 45.0 Å². The van der Waals surface area contributed by atoms with E-state index >= 15 is 0 Å². The molecule has 10 heterocycles. The van der Waals surface area contributed by atoms with E-state index in [1.165, 1.54) is 139 Å². The highest BCUT2D eigenvalue weighted by Crippen LogP contribution is 2.38. The molecule has 22 rings (SSSR count). The summed E-state index contributed by atoms with van der Waals surface area (Å²) >= 11 is 0. The van der Waals surface area contributed by atoms with Gasteiger partial charge in [-0.05, 0) is 263 Å². The summed E-state index contributed by atoms with van der Waals surface area (Å²) in [5, 5.41) is 11.8. The molecule has 0 saturated heterocycles. The van der Waals surface area contributed by atoms with E-state index in [4.69, 9.17) is 0 Å². The van der Waals surface area contributed by atoms with Crippen molar-refractivity contribution in [2.45, 2.75) is 327 Å². The fourth-order valence-corrected chi connectivity index (χ4v) is 17.0. The zero-order valence-corrected chi connectivity index (χ0v) is 94.3. The number of hydrogen-bond donors (Lipinski definition) is 2. The van der Waals surface area contributed by atoms with Gasteiger partial charge in [0.1, 0.15) is 0 Å². The summed E-state index contributed by atoms with van der Waals surface area (Å²) in [5.41, 5.74) is 39.7. The summed E-state index contributed by atoms with van der Waals surface area (Å²) in [5.74, 6) is 0. The average Bonchev–Trinajstić information content (AvgIpc) is 1.81. The number of pyridine rings is 6. The molecule has 0 radical (unpaired) electrons. The lowest BCUT2D eigenvalue weighted by Crippen LogP contribution is -2.12. The maximum atomic E-state index is 4.46. The van der Waals surface area contributed by atoms with E-state index in [0.717, 1.165) is 83.1 Å². The first-order chi connectivity index (χ1) is 68.3. The molecular formula is C135H165N11. The molecule has 0 atom stereocenters. The van der Waals surface area contributed by atoms with Gasteiger partial charge in [-0.2, -0.15) is 5.10 Å². The molecule has 0 saturated carbocycles. The second-order valence-electron chi connectivity index (χ2n) is 50.8. The fraction of sp³-hybridized carbons (Fsp3) is 0.370. The molecular weight excluding hydrogens is 1780 g/mol. The number of hydrogen-bond acceptors (Lipinski definition) is 9. The van der Waals surface area contributed by atoms with Gasteiger partial charge in [0, 0.05) is 95.8 Å². The molecule has 760 valence electrons. The Labute approximate surface area is 875 Å². The largest absolute Gasteiger partial charge is 0.360 e. The van der Waals surface area contributed by atoms with Gasteiger partial charge in [0.05, 0.1) is 62.9 Å². The molecule has 6 aliphatic rings. The molecule has 2 N–H and O–H groups in total. The first-order valence-electron chi connectivity index (χ1n) is 52.4. The van der Waals surface area contributed by atoms with Gasteiger partial charge >= 0.3 is 0 Å². The quantitative estimate of drug-likeness (QED) is 0.154. The molecule has 16 aromatic rings. The normalized spacial score (nSPS) is 13.5. The maximum Gasteiger partial charge on any atom is 0.0878 e. The zero-order valence-electron chi connectivity index (χ0n) is 94.3. The fourth-order valence-electron chi connectivity index (χ4n) is 17.0. The first kappa shape index (κ1) is 112. The minimum atomic E-state index is 0.173. The topological polar surface area (TPSA) is 147 Å². The number of fused-ring (bicyclic) bond motifs is 11. The van der Waals surface area contributed by atoms with Crippen LogP contribution in [-0.4, -0.2) is 57.5 Å². The van der Waals surface area contributed by atoms with Crippen LogP contribution in [0.3, 0.4) is 0 Å². The molecule has 0 spiro atoms. The number of allylic oxidation sites excluding steroid dienone is 4. The minimum absolute atomic E-state index is 0.173. The highest BCUT2D eigenvalue weighted by atomic mass is 15.1. The van der Waals surface area contributed by atoms with Crippen molar-refractivity contribution >= 4 is 97.1 Å². The molecule has 11 nitrogen and oxygen atoms in total. The molecule has 11 heteroatoms. The lowest BCUT2D eigenvalue weighted by atomic mass is 9.85. The van der Waals surface area contributed by atoms with Gasteiger partial charge in [0.15, 0.2) is 0 Å². The highest BCUT2D eigenvalue weighted by Gasteiger charge is 2.26. The summed E-state index contributed by atoms with van der Waals surface area (Å²) in [6.07, 6.45) is 42.3. The van der Waals surface area contributed by atoms with Crippen molar-refractivity contribution in [2.24, 2.45) is 9.98 Å². The number of aliphatic imine (C=N–C) groups is 2. The van der Waals surface area contributed by atoms with E-state index in [2.05, 4.69) is 508 Å². The summed E-state index contributed by atoms with van der Waals surface area (Å²) in [6, 6.07) is 73.7. The van der Waals surface area contributed by atoms with Crippen LogP contribution in [0, 0.1) is 0 Å². The van der Waals surface area contributed by atoms with Gasteiger partial charge < -0.3 is 4.98 Å². The minimum Gasteiger partial charge on any atom is -0.360 e. The van der Waals surface area contributed by atoms with Crippen molar-refractivity contribution in [3.63, 3.8) is 0 Å². The Morgan fingerprint density at radius 1 is 0.240 bits per heavy atom. The Bertz CT molecular complexity index is 6630. The summed E-state index contributed by atoms with van der Waals surface area (Å²) in [4.78, 5) is 38.1. The number of nitrogens with one attached hydrogen (secondary N) is 2. The predicted molar refractivity (Wildman–Crippen MR) is 631 cm³/mol. The maximum absolute atomic E-state index is 4.46. The lowest BCUT2D eigenvalue weighted by molar-refractivity contribution is 0.586. The number of para-hydroxylation sites is 1. The van der Waals surface area contributed by atoms with Gasteiger partial charge in [0.25, 0.3) is 0 Å². The molecule has 8 aromatic carbocycles. The van der Waals surface area contributed by atoms with E-state index < -0.39 is 0 Å². The Hall–Kier alpha value is -13.3. The van der Waals surface area contributed by atoms with Gasteiger partial charge in [-0.25, -0.2) is 0 Å². The molecule has 0 bridgehead atoms. The van der Waals surface area contributed by atoms with E-state index in [9.17, 15) is 0 Å². The van der Waals surface area contributed by atoms with Crippen LogP contribution in [0.4, 0.5) is 5.69 Å². The second kappa shape index (κ2) is 46.2. The number of benzene rings is 8. The van der Waals surface area contributed by atoms with E-state index in [-0.39, 0.29) is 59.6 Å². The smallest absolute Gasteiger partial charge is 0.0878 e. The second-order valence-corrected chi connectivity index (χ2v) is 50.8. The summed E-state index contributed by atoms with van der Waals surface area (Å²) in [7, 11) is 0. The zero-order chi connectivity index (χ0) is 106. The number of nitrogens with zero attached hydrogens (tertiary/aromatic N) is 9. The van der Waals surface area contributed by atoms with Gasteiger partial charge in [-0.15, -0.1) is 0 Å². The van der Waals surface area contributed by atoms with E-state index in [1.54, 1.807) is 0 Å². The standard InChI is InChI=1S/3C13H15N.3C13H16.2C12H15N.3C11H14N2/c1-13(2,3)11-6-7-12-10(9-11)5-4-8-14-12;1-13(2,3)11-7-6-10-5-4-8-14-12(10)9-11;1-13(2,3)11-8-10-6-4-5-7-12(10)14-9-11;3*1-13(2,3)12-8-7-10-5-4-6-11(10)9-12;1-12(2,3)10-5-4-9-6-7-13-11(9)8-10;1-12(2,3)10-7-9-5-4-6-11(9)13-8-10;1-11(2,3)9-4-8-5-12-7-10(8)13-6-9;1-11(2,3)8-6-10-9(13-7-8)4-5-12-10;1-11(2,3)9-5-4-8-7-12-13-10(8)6-9/h3*4-9H,1-3H3;2*4,6-9H,5H2,1-3H3;4-5,7-9H,6H2,1-3H3;2*4-5,7-8H,6H2,1-3H3;4-6H,7H2,1-3H3;4-7,12H,1-3H3;4-7H,1-3H3,(H,12,13). The van der Waals surface area contributed by atoms with Crippen molar-refractivity contribution in [1.29, 1.82) is 0 Å². The molecule has 4 aliphatic carbocycles. The number of aromatic amines is 2. The average molecular weight is 1940 g/mol. The number of H-pyrrole nitrogens is 2. The van der Waals surface area contributed by atoms with Crippen LogP contribution < -0.4 is 0 Å². The van der Waals surface area contributed by atoms with E-state index in [1.807, 2.05) is 92.3 Å². The third-order valence-corrected chi connectivity index (χ3v) is 27.2. The summed E-state index contributed by atoms with van der Waals surface area (Å²) in [6.45, 7) is 74.2. The Morgan fingerprint density at radius 3 is 1.21 bits per heavy atom. The molecule has 2 aliphatic heterocycles. The van der Waals surface area contributed by atoms with Crippen molar-refractivity contribution in [3.8, 4) is 0 Å². The Kier molecular flexibility index (Phi) is 35.3. The number of aromatic nitrogens is 9. The molecule has 0 amide bonds. The summed E-state index contributed by atoms with van der Waals surface area (Å²) < 4.78 is 0. The molecule has 8 aromatic heterocycles. The van der Waals surface area contributed by atoms with Crippen LogP contribution in [0.25, 0.3) is 78.9 Å². The van der Waals surface area contributed by atoms with Crippen LogP contribution in [0.15, 0.2) is 290 Å². The van der Waals surface area contributed by atoms with Crippen LogP contribution in [0.2, 0.25) is 0 Å². The van der Waals surface area contributed by atoms with Crippen molar-refractivity contribution < 1.29 is 0 Å². The van der Waals surface area contributed by atoms with Crippen LogP contribution >= 0.6 is 0 Å². The van der Waals surface area contributed by atoms with Crippen LogP contribution in [0.5, 0.6) is 0 Å². The third-order valence-electron chi connectivity index (χ3n) is 27.2. The van der Waals surface area contributed by atoms with Crippen LogP contribution in [0.1, 0.15) is 351 Å². The lowest BCUT2D eigenvalue weighted by Gasteiger charge is -2.19. The predicted octanol–water partition coefficient (Wildman–Crippen LogP) is 35.5. The van der Waals surface area contributed by atoms with Crippen molar-refractivity contribution in [1.82, 2.24) is 45.1 Å². The number of rotatable bonds is 0. The first-order valence-corrected chi connectivity index (χ1v) is 52.4. The SMILES string of the molecule is CC(C)(C)c1ccc2c(c1)C=CC2.CC(C)(C)c1ccc2c(c1)C=CC2.CC(C)(C)c1ccc2c(c1)CC=C2.CC(C)(C)c1ccc2c(c1)N=CC2.CC(C)(C)c1ccc2cccnc2c1.CC(C)(C)c1ccc2cn[nH]c2c1.CC(C)(C)c1ccc2ncccc2c1.CC(C)(C)c1cnc2c(c1)C=CC2.CC(C)(C)c1cnc2c(c1)C=NC2.CC(C)(C)c1cnc2cc[nH]c2c1.CC(C)(C)c1cnc2ccccc2c1. The Morgan fingerprint density at radius 2 is 0.630 bits per heavy atom. The van der Waals surface area contributed by atoms with Crippen molar-refractivity contribution in [2.75, 3.05) is 0 Å². The third kappa shape index (κ3) is 31.4. The Balaban J connectivity index is 0.000000143. The van der Waals surface area contributed by atoms with Crippen molar-refractivity contribution in [3.05, 3.63) is 403 Å². The van der Waals surface area contributed by atoms with Gasteiger partial charge in [0.2, 0.25) is 0 Å². The molecule has 0 unspecified atom stereocenters. The monoisotopic (exact) mass is 1940 g/mol. The van der Waals surface area contributed by atoms with Gasteiger partial charge in [-0.1, -0.05) is 404 Å². The highest BCUT2D eigenvalue weighted by molar-refractivity contribution is 5.85. The molecule has 146 heavy (non-hydrogen) atoms. The van der Waals surface area contributed by atoms with Crippen LogP contribution in [-0.2, 0) is 98.2 Å². The molecule has 0 fully saturated rings. The van der Waals surface area contributed by atoms with E-state index in [0.29, 0.717) is 0 Å².